The first-order chi connectivity index (χ1) is 15.2. The zero-order valence-electron chi connectivity index (χ0n) is 18.9. The number of ether oxygens (including phenoxy) is 1. The highest BCUT2D eigenvalue weighted by molar-refractivity contribution is 5.93. The van der Waals surface area contributed by atoms with Gasteiger partial charge in [0.1, 0.15) is 5.58 Å². The minimum atomic E-state index is -0.611. The summed E-state index contributed by atoms with van der Waals surface area (Å²) in [6.07, 6.45) is 0. The van der Waals surface area contributed by atoms with Gasteiger partial charge in [0.05, 0.1) is 10.9 Å². The van der Waals surface area contributed by atoms with Gasteiger partial charge in [-0.25, -0.2) is 4.79 Å². The summed E-state index contributed by atoms with van der Waals surface area (Å²) in [5, 5.41) is 0.393. The summed E-state index contributed by atoms with van der Waals surface area (Å²) in [7, 11) is 3.84. The van der Waals surface area contributed by atoms with Crippen molar-refractivity contribution in [1.29, 1.82) is 0 Å². The van der Waals surface area contributed by atoms with Crippen molar-refractivity contribution in [3.8, 4) is 17.1 Å². The molecule has 0 unspecified atom stereocenters. The van der Waals surface area contributed by atoms with Crippen LogP contribution in [0.25, 0.3) is 22.3 Å². The molecule has 3 aromatic carbocycles. The standard InChI is InChI=1S/C27H25NO4/c1-16-6-8-19(9-7-16)25-26(23(29)22-15-17(2)14-18(3)24(22)31-25)32-27(30)20-10-12-21(13-11-20)28(4)5/h6-15H,1-5H3. The molecule has 32 heavy (non-hydrogen) atoms. The van der Waals surface area contributed by atoms with E-state index in [-0.39, 0.29) is 16.9 Å². The number of anilines is 1. The molecule has 0 saturated carbocycles. The second kappa shape index (κ2) is 8.35. The number of esters is 1. The van der Waals surface area contributed by atoms with E-state index < -0.39 is 5.97 Å². The second-order valence-electron chi connectivity index (χ2n) is 8.24. The molecular formula is C27H25NO4. The molecule has 162 valence electrons. The van der Waals surface area contributed by atoms with Crippen molar-refractivity contribution in [2.24, 2.45) is 0 Å². The highest BCUT2D eigenvalue weighted by Crippen LogP contribution is 2.33. The highest BCUT2D eigenvalue weighted by atomic mass is 16.5. The van der Waals surface area contributed by atoms with E-state index in [9.17, 15) is 9.59 Å². The maximum absolute atomic E-state index is 13.5. The van der Waals surface area contributed by atoms with Crippen molar-refractivity contribution < 1.29 is 13.9 Å². The third-order valence-corrected chi connectivity index (χ3v) is 5.41. The summed E-state index contributed by atoms with van der Waals surface area (Å²) in [5.74, 6) is -0.472. The molecule has 5 heteroatoms. The molecule has 4 aromatic rings. The van der Waals surface area contributed by atoms with Gasteiger partial charge < -0.3 is 14.1 Å². The average Bonchev–Trinajstić information content (AvgIpc) is 2.76. The largest absolute Gasteiger partial charge is 0.452 e. The minimum absolute atomic E-state index is 0.104. The van der Waals surface area contributed by atoms with Crippen LogP contribution in [0.5, 0.6) is 5.75 Å². The van der Waals surface area contributed by atoms with Gasteiger partial charge in [-0.3, -0.25) is 4.79 Å². The topological polar surface area (TPSA) is 59.8 Å². The molecule has 0 radical (unpaired) electrons. The van der Waals surface area contributed by atoms with E-state index in [1.165, 1.54) is 0 Å². The van der Waals surface area contributed by atoms with Crippen LogP contribution in [0.2, 0.25) is 0 Å². The molecule has 0 bridgehead atoms. The van der Waals surface area contributed by atoms with Crippen molar-refractivity contribution in [1.82, 2.24) is 0 Å². The van der Waals surface area contributed by atoms with Gasteiger partial charge >= 0.3 is 5.97 Å². The van der Waals surface area contributed by atoms with Gasteiger partial charge in [-0.2, -0.15) is 0 Å². The molecule has 0 aliphatic heterocycles. The first-order valence-corrected chi connectivity index (χ1v) is 10.4. The van der Waals surface area contributed by atoms with Gasteiger partial charge in [0.2, 0.25) is 11.2 Å². The van der Waals surface area contributed by atoms with E-state index in [4.69, 9.17) is 9.15 Å². The number of benzene rings is 3. The Balaban J connectivity index is 1.87. The number of nitrogens with zero attached hydrogens (tertiary/aromatic N) is 1. The first-order valence-electron chi connectivity index (χ1n) is 10.4. The van der Waals surface area contributed by atoms with Gasteiger partial charge in [-0.15, -0.1) is 0 Å². The number of rotatable bonds is 4. The number of carbonyl (C=O) groups excluding carboxylic acids is 1. The average molecular weight is 428 g/mol. The molecule has 0 amide bonds. The number of fused-ring (bicyclic) bond motifs is 1. The van der Waals surface area contributed by atoms with Gasteiger partial charge in [0.15, 0.2) is 5.76 Å². The Labute approximate surface area is 186 Å². The maximum atomic E-state index is 13.5. The molecule has 4 rings (SSSR count). The summed E-state index contributed by atoms with van der Waals surface area (Å²) in [4.78, 5) is 28.3. The molecule has 1 aromatic heterocycles. The fourth-order valence-corrected chi connectivity index (χ4v) is 3.67. The highest BCUT2D eigenvalue weighted by Gasteiger charge is 2.22. The SMILES string of the molecule is Cc1ccc(-c2oc3c(C)cc(C)cc3c(=O)c2OC(=O)c2ccc(N(C)C)cc2)cc1. The van der Waals surface area contributed by atoms with E-state index >= 15 is 0 Å². The third kappa shape index (κ3) is 4.02. The summed E-state index contributed by atoms with van der Waals surface area (Å²) >= 11 is 0. The van der Waals surface area contributed by atoms with Crippen molar-refractivity contribution in [3.63, 3.8) is 0 Å². The van der Waals surface area contributed by atoms with E-state index in [0.717, 1.165) is 22.4 Å². The maximum Gasteiger partial charge on any atom is 0.343 e. The molecule has 5 nitrogen and oxygen atoms in total. The molecule has 0 atom stereocenters. The zero-order valence-corrected chi connectivity index (χ0v) is 18.9. The van der Waals surface area contributed by atoms with E-state index in [1.54, 1.807) is 18.2 Å². The Kier molecular flexibility index (Phi) is 5.57. The third-order valence-electron chi connectivity index (χ3n) is 5.41. The fourth-order valence-electron chi connectivity index (χ4n) is 3.67. The van der Waals surface area contributed by atoms with Gasteiger partial charge in [-0.05, 0) is 62.2 Å². The normalized spacial score (nSPS) is 10.9. The van der Waals surface area contributed by atoms with Crippen LogP contribution in [0.3, 0.4) is 0 Å². The molecular weight excluding hydrogens is 402 g/mol. The molecule has 0 aliphatic rings. The Bertz CT molecular complexity index is 1360. The summed E-state index contributed by atoms with van der Waals surface area (Å²) < 4.78 is 11.9. The molecule has 0 fully saturated rings. The number of aryl methyl sites for hydroxylation is 3. The molecule has 0 N–H and O–H groups in total. The van der Waals surface area contributed by atoms with E-state index in [2.05, 4.69) is 0 Å². The lowest BCUT2D eigenvalue weighted by Crippen LogP contribution is -2.17. The number of hydrogen-bond acceptors (Lipinski definition) is 5. The van der Waals surface area contributed by atoms with Crippen LogP contribution >= 0.6 is 0 Å². The predicted molar refractivity (Wildman–Crippen MR) is 128 cm³/mol. The Morgan fingerprint density at radius 2 is 1.53 bits per heavy atom. The smallest absolute Gasteiger partial charge is 0.343 e. The van der Waals surface area contributed by atoms with Crippen LogP contribution in [-0.2, 0) is 0 Å². The lowest BCUT2D eigenvalue weighted by atomic mass is 10.0. The van der Waals surface area contributed by atoms with E-state index in [0.29, 0.717) is 22.1 Å². The first kappa shape index (κ1) is 21.4. The quantitative estimate of drug-likeness (QED) is 0.393. The van der Waals surface area contributed by atoms with Gasteiger partial charge in [-0.1, -0.05) is 35.9 Å². The van der Waals surface area contributed by atoms with Crippen LogP contribution in [0.4, 0.5) is 5.69 Å². The van der Waals surface area contributed by atoms with Crippen molar-refractivity contribution in [2.75, 3.05) is 19.0 Å². The van der Waals surface area contributed by atoms with Crippen molar-refractivity contribution in [3.05, 3.63) is 93.1 Å². The second-order valence-corrected chi connectivity index (χ2v) is 8.24. The van der Waals surface area contributed by atoms with E-state index in [1.807, 2.05) is 82.2 Å². The fraction of sp³-hybridized carbons (Fsp3) is 0.185. The zero-order chi connectivity index (χ0) is 23.0. The molecule has 0 aliphatic carbocycles. The van der Waals surface area contributed by atoms with Gasteiger partial charge in [0.25, 0.3) is 0 Å². The van der Waals surface area contributed by atoms with Crippen LogP contribution in [0.1, 0.15) is 27.0 Å². The summed E-state index contributed by atoms with van der Waals surface area (Å²) in [5.41, 5.74) is 4.95. The Morgan fingerprint density at radius 3 is 2.16 bits per heavy atom. The number of hydrogen-bond donors (Lipinski definition) is 0. The molecule has 0 spiro atoms. The Hall–Kier alpha value is -3.86. The lowest BCUT2D eigenvalue weighted by Gasteiger charge is -2.14. The summed E-state index contributed by atoms with van der Waals surface area (Å²) in [6, 6.07) is 18.3. The number of carbonyl (C=O) groups is 1. The van der Waals surface area contributed by atoms with Crippen molar-refractivity contribution in [2.45, 2.75) is 20.8 Å². The molecule has 0 saturated heterocycles. The lowest BCUT2D eigenvalue weighted by molar-refractivity contribution is 0.0731. The predicted octanol–water partition coefficient (Wildman–Crippen LogP) is 5.67. The van der Waals surface area contributed by atoms with Crippen LogP contribution in [0.15, 0.2) is 69.9 Å². The monoisotopic (exact) mass is 427 g/mol. The van der Waals surface area contributed by atoms with Crippen molar-refractivity contribution >= 4 is 22.6 Å². The summed E-state index contributed by atoms with van der Waals surface area (Å²) in [6.45, 7) is 5.79. The Morgan fingerprint density at radius 1 is 0.875 bits per heavy atom. The van der Waals surface area contributed by atoms with Crippen LogP contribution in [-0.4, -0.2) is 20.1 Å². The van der Waals surface area contributed by atoms with Crippen LogP contribution < -0.4 is 15.1 Å². The van der Waals surface area contributed by atoms with Crippen LogP contribution in [0, 0.1) is 20.8 Å². The van der Waals surface area contributed by atoms with Gasteiger partial charge in [0, 0.05) is 25.3 Å². The minimum Gasteiger partial charge on any atom is -0.452 e. The molecule has 1 heterocycles.